The number of terminal acetylenes is 1. The molecule has 2 unspecified atom stereocenters. The zero-order chi connectivity index (χ0) is 17.1. The minimum atomic E-state index is -0.121. The molecule has 6 atom stereocenters. The van der Waals surface area contributed by atoms with Gasteiger partial charge >= 0.3 is 5.97 Å². The lowest BCUT2D eigenvalue weighted by atomic mass is 9.66. The summed E-state index contributed by atoms with van der Waals surface area (Å²) in [6, 6.07) is 0. The van der Waals surface area contributed by atoms with E-state index in [1.165, 1.54) is 12.0 Å². The van der Waals surface area contributed by atoms with E-state index in [1.54, 1.807) is 7.11 Å². The molecule has 24 heavy (non-hydrogen) atoms. The predicted octanol–water partition coefficient (Wildman–Crippen LogP) is 3.90. The van der Waals surface area contributed by atoms with E-state index in [-0.39, 0.29) is 24.1 Å². The van der Waals surface area contributed by atoms with Crippen LogP contribution in [-0.2, 0) is 14.3 Å². The Morgan fingerprint density at radius 2 is 2.21 bits per heavy atom. The summed E-state index contributed by atoms with van der Waals surface area (Å²) in [4.78, 5) is 11.7. The van der Waals surface area contributed by atoms with Crippen molar-refractivity contribution in [2.24, 2.45) is 23.7 Å². The lowest BCUT2D eigenvalue weighted by Gasteiger charge is -2.39. The van der Waals surface area contributed by atoms with E-state index in [0.717, 1.165) is 25.7 Å². The highest BCUT2D eigenvalue weighted by Gasteiger charge is 2.35. The van der Waals surface area contributed by atoms with Crippen molar-refractivity contribution in [1.29, 1.82) is 0 Å². The van der Waals surface area contributed by atoms with Gasteiger partial charge in [0, 0.05) is 19.4 Å². The van der Waals surface area contributed by atoms with Crippen LogP contribution >= 0.6 is 0 Å². The summed E-state index contributed by atoms with van der Waals surface area (Å²) in [5, 5.41) is 0. The number of esters is 1. The summed E-state index contributed by atoms with van der Waals surface area (Å²) >= 11 is 0. The first-order chi connectivity index (χ1) is 11.6. The molecule has 1 aliphatic heterocycles. The standard InChI is InChI=1S/C21H28O3/c1-4-15-6-9-20-16(11-15)7-5-14(2)19(20)10-8-17-12-18(23-3)13-21(22)24-17/h1,5,7,11,14-15,17-20H,6,8-10,12-13H2,2-3H3/t14-,15+,17?,18+,19-,20?/m0/s1. The Morgan fingerprint density at radius 3 is 2.96 bits per heavy atom. The third-order valence-corrected chi connectivity index (χ3v) is 5.98. The second kappa shape index (κ2) is 7.57. The molecule has 0 saturated carbocycles. The van der Waals surface area contributed by atoms with Gasteiger partial charge in [-0.3, -0.25) is 4.79 Å². The van der Waals surface area contributed by atoms with Crippen LogP contribution in [0.1, 0.15) is 45.4 Å². The number of allylic oxidation sites excluding steroid dienone is 4. The highest BCUT2D eigenvalue weighted by molar-refractivity contribution is 5.71. The van der Waals surface area contributed by atoms with Crippen LogP contribution in [0.15, 0.2) is 23.8 Å². The first kappa shape index (κ1) is 17.3. The second-order valence-electron chi connectivity index (χ2n) is 7.49. The summed E-state index contributed by atoms with van der Waals surface area (Å²) in [5.74, 6) is 4.83. The number of carbonyl (C=O) groups is 1. The Balaban J connectivity index is 1.63. The number of carbonyl (C=O) groups excluding carboxylic acids is 1. The van der Waals surface area contributed by atoms with Crippen molar-refractivity contribution in [3.8, 4) is 12.3 Å². The van der Waals surface area contributed by atoms with Gasteiger partial charge in [0.25, 0.3) is 0 Å². The summed E-state index contributed by atoms with van der Waals surface area (Å²) in [6.07, 6.45) is 18.0. The summed E-state index contributed by atoms with van der Waals surface area (Å²) < 4.78 is 10.9. The highest BCUT2D eigenvalue weighted by atomic mass is 16.6. The SMILES string of the molecule is C#C[C@H]1C=C2C=C[C@H](C)[C@H](CCC3C[C@@H](OC)CC(=O)O3)C2CC1. The molecule has 0 N–H and O–H groups in total. The average Bonchev–Trinajstić information content (AvgIpc) is 2.60. The Labute approximate surface area is 145 Å². The topological polar surface area (TPSA) is 35.5 Å². The molecule has 0 bridgehead atoms. The molecule has 1 heterocycles. The van der Waals surface area contributed by atoms with Crippen molar-refractivity contribution in [3.63, 3.8) is 0 Å². The lowest BCUT2D eigenvalue weighted by Crippen LogP contribution is -2.35. The molecule has 3 heteroatoms. The number of ether oxygens (including phenoxy) is 2. The van der Waals surface area contributed by atoms with Crippen LogP contribution in [0.4, 0.5) is 0 Å². The van der Waals surface area contributed by atoms with Crippen LogP contribution < -0.4 is 0 Å². The van der Waals surface area contributed by atoms with E-state index < -0.39 is 0 Å². The van der Waals surface area contributed by atoms with Gasteiger partial charge in [-0.05, 0) is 49.0 Å². The number of hydrogen-bond donors (Lipinski definition) is 0. The molecule has 0 spiro atoms. The zero-order valence-corrected chi connectivity index (χ0v) is 14.7. The van der Waals surface area contributed by atoms with Gasteiger partial charge in [0.2, 0.25) is 0 Å². The minimum absolute atomic E-state index is 0.00350. The van der Waals surface area contributed by atoms with E-state index in [9.17, 15) is 4.79 Å². The maximum atomic E-state index is 11.7. The summed E-state index contributed by atoms with van der Waals surface area (Å²) in [5.41, 5.74) is 1.42. The Morgan fingerprint density at radius 1 is 1.38 bits per heavy atom. The van der Waals surface area contributed by atoms with Gasteiger partial charge in [0.15, 0.2) is 0 Å². The Bertz CT molecular complexity index is 568. The quantitative estimate of drug-likeness (QED) is 0.580. The monoisotopic (exact) mass is 328 g/mol. The van der Waals surface area contributed by atoms with Crippen molar-refractivity contribution < 1.29 is 14.3 Å². The molecule has 0 aromatic heterocycles. The molecular weight excluding hydrogens is 300 g/mol. The van der Waals surface area contributed by atoms with E-state index in [4.69, 9.17) is 15.9 Å². The molecular formula is C21H28O3. The molecule has 0 amide bonds. The van der Waals surface area contributed by atoms with E-state index in [0.29, 0.717) is 24.2 Å². The fourth-order valence-electron chi connectivity index (χ4n) is 4.55. The van der Waals surface area contributed by atoms with Crippen LogP contribution in [0.5, 0.6) is 0 Å². The third kappa shape index (κ3) is 3.75. The third-order valence-electron chi connectivity index (χ3n) is 5.98. The van der Waals surface area contributed by atoms with Crippen LogP contribution in [0.25, 0.3) is 0 Å². The molecule has 130 valence electrons. The lowest BCUT2D eigenvalue weighted by molar-refractivity contribution is -0.162. The molecule has 1 saturated heterocycles. The molecule has 1 fully saturated rings. The van der Waals surface area contributed by atoms with Gasteiger partial charge < -0.3 is 9.47 Å². The summed E-state index contributed by atoms with van der Waals surface area (Å²) in [7, 11) is 1.68. The molecule has 3 nitrogen and oxygen atoms in total. The summed E-state index contributed by atoms with van der Waals surface area (Å²) in [6.45, 7) is 2.30. The van der Waals surface area contributed by atoms with Crippen LogP contribution in [0, 0.1) is 36.0 Å². The fraction of sp³-hybridized carbons (Fsp3) is 0.667. The molecule has 0 radical (unpaired) electrons. The largest absolute Gasteiger partial charge is 0.462 e. The van der Waals surface area contributed by atoms with Crippen LogP contribution in [-0.4, -0.2) is 25.3 Å². The van der Waals surface area contributed by atoms with Crippen molar-refractivity contribution in [2.45, 2.75) is 57.7 Å². The van der Waals surface area contributed by atoms with E-state index in [1.807, 2.05) is 0 Å². The molecule has 3 rings (SSSR count). The van der Waals surface area contributed by atoms with Crippen molar-refractivity contribution >= 4 is 5.97 Å². The molecule has 2 aliphatic carbocycles. The number of hydrogen-bond acceptors (Lipinski definition) is 3. The molecule has 3 aliphatic rings. The fourth-order valence-corrected chi connectivity index (χ4v) is 4.55. The van der Waals surface area contributed by atoms with Gasteiger partial charge in [-0.25, -0.2) is 0 Å². The minimum Gasteiger partial charge on any atom is -0.462 e. The number of cyclic esters (lactones) is 1. The van der Waals surface area contributed by atoms with Crippen molar-refractivity contribution in [1.82, 2.24) is 0 Å². The predicted molar refractivity (Wildman–Crippen MR) is 94.1 cm³/mol. The van der Waals surface area contributed by atoms with Gasteiger partial charge in [0.1, 0.15) is 6.10 Å². The number of methoxy groups -OCH3 is 1. The zero-order valence-electron chi connectivity index (χ0n) is 14.7. The Hall–Kier alpha value is -1.53. The average molecular weight is 328 g/mol. The van der Waals surface area contributed by atoms with Gasteiger partial charge in [-0.2, -0.15) is 0 Å². The first-order valence-electron chi connectivity index (χ1n) is 9.19. The maximum absolute atomic E-state index is 11.7. The van der Waals surface area contributed by atoms with Gasteiger partial charge in [-0.1, -0.05) is 31.1 Å². The number of fused-ring (bicyclic) bond motifs is 1. The smallest absolute Gasteiger partial charge is 0.308 e. The second-order valence-corrected chi connectivity index (χ2v) is 7.49. The molecule has 0 aromatic rings. The van der Waals surface area contributed by atoms with Crippen molar-refractivity contribution in [3.05, 3.63) is 23.8 Å². The van der Waals surface area contributed by atoms with Gasteiger partial charge in [-0.15, -0.1) is 6.42 Å². The van der Waals surface area contributed by atoms with E-state index >= 15 is 0 Å². The first-order valence-corrected chi connectivity index (χ1v) is 9.19. The highest BCUT2D eigenvalue weighted by Crippen LogP contribution is 2.43. The molecule has 0 aromatic carbocycles. The normalized spacial score (nSPS) is 38.7. The van der Waals surface area contributed by atoms with Crippen molar-refractivity contribution in [2.75, 3.05) is 7.11 Å². The van der Waals surface area contributed by atoms with E-state index in [2.05, 4.69) is 31.1 Å². The van der Waals surface area contributed by atoms with Gasteiger partial charge in [0.05, 0.1) is 12.5 Å². The van der Waals surface area contributed by atoms with Crippen LogP contribution in [0.3, 0.4) is 0 Å². The number of rotatable bonds is 4. The maximum Gasteiger partial charge on any atom is 0.308 e. The van der Waals surface area contributed by atoms with Crippen LogP contribution in [0.2, 0.25) is 0 Å². The Kier molecular flexibility index (Phi) is 5.46.